The summed E-state index contributed by atoms with van der Waals surface area (Å²) in [6.45, 7) is 19.0. The number of aliphatic hydroxyl groups is 1. The minimum atomic E-state index is -1.81. The van der Waals surface area contributed by atoms with Gasteiger partial charge >= 0.3 is 5.97 Å². The van der Waals surface area contributed by atoms with Crippen molar-refractivity contribution in [1.29, 1.82) is 5.41 Å². The molecule has 1 fully saturated rings. The first kappa shape index (κ1) is 78.1. The number of nitrogens with one attached hydrogen (secondary N) is 13. The molecule has 90 heavy (non-hydrogen) atoms. The number of guanidine groups is 1. The van der Waals surface area contributed by atoms with Gasteiger partial charge in [0, 0.05) is 13.0 Å². The van der Waals surface area contributed by atoms with Crippen LogP contribution in [0.4, 0.5) is 0 Å². The molecule has 0 aromatic heterocycles. The lowest BCUT2D eigenvalue weighted by atomic mass is 9.94. The normalized spacial score (nSPS) is 21.2. The van der Waals surface area contributed by atoms with Gasteiger partial charge in [0.2, 0.25) is 65.0 Å². The van der Waals surface area contributed by atoms with Crippen molar-refractivity contribution in [1.82, 2.24) is 63.8 Å². The maximum Gasteiger partial charge on any atom is 0.329 e. The topological polar surface area (TPSA) is 455 Å². The Morgan fingerprint density at radius 1 is 0.578 bits per heavy atom. The number of primary amides is 1. The second-order valence-electron chi connectivity index (χ2n) is 23.6. The van der Waals surface area contributed by atoms with Crippen LogP contribution in [-0.4, -0.2) is 175 Å². The fraction of sp³-hybridized carbons (Fsp3) is 0.689. The predicted molar refractivity (Wildman–Crippen MR) is 335 cm³/mol. The molecule has 1 aliphatic rings. The second kappa shape index (κ2) is 39.2. The first-order valence-corrected chi connectivity index (χ1v) is 31.4. The van der Waals surface area contributed by atoms with Crippen LogP contribution < -0.4 is 75.3 Å². The van der Waals surface area contributed by atoms with E-state index in [1.165, 1.54) is 13.8 Å². The Labute approximate surface area is 528 Å². The SMILES string of the molecule is CCC(C)[C@@H]1NC(=O)[C@H](C)NC(=O)[C@H](NC(=O)[C@H](CO)NC(=O)[C@@H](NC(=O)[C@H](NC(=O)[C@@H](CCC(N)=O)NC(=O)[C@H](CCCNC(=N)N)NC(=O)[C@@H](NC(=O)[C@@H](Cc2ccccc2)NC)[C@@H](C)CC)[C@H](C)CC)[C@@H](C)CC)[C@H](C)OC(=O)[C@H]([C@@H](C)CC)NC1=O. The first-order valence-electron chi connectivity index (χ1n) is 31.4. The van der Waals surface area contributed by atoms with Crippen LogP contribution in [0.5, 0.6) is 0 Å². The Morgan fingerprint density at radius 2 is 1.03 bits per heavy atom. The van der Waals surface area contributed by atoms with Gasteiger partial charge in [-0.1, -0.05) is 132 Å². The molecule has 506 valence electrons. The van der Waals surface area contributed by atoms with Crippen molar-refractivity contribution in [2.24, 2.45) is 41.1 Å². The highest BCUT2D eigenvalue weighted by molar-refractivity contribution is 5.99. The zero-order valence-corrected chi connectivity index (χ0v) is 54.6. The van der Waals surface area contributed by atoms with E-state index in [-0.39, 0.29) is 44.6 Å². The summed E-state index contributed by atoms with van der Waals surface area (Å²) >= 11 is 0. The van der Waals surface area contributed by atoms with Gasteiger partial charge in [-0.3, -0.25) is 58.1 Å². The van der Waals surface area contributed by atoms with Crippen molar-refractivity contribution in [2.45, 2.75) is 220 Å². The molecule has 0 aliphatic carbocycles. The van der Waals surface area contributed by atoms with E-state index in [2.05, 4.69) is 63.8 Å². The van der Waals surface area contributed by atoms with Gasteiger partial charge in [0.05, 0.1) is 12.6 Å². The number of esters is 1. The Balaban J connectivity index is 2.49. The van der Waals surface area contributed by atoms with Gasteiger partial charge in [-0.25, -0.2) is 4.79 Å². The third kappa shape index (κ3) is 24.8. The van der Waals surface area contributed by atoms with Crippen LogP contribution >= 0.6 is 0 Å². The zero-order chi connectivity index (χ0) is 68.1. The number of benzene rings is 1. The number of rotatable bonds is 35. The molecule has 1 aliphatic heterocycles. The minimum absolute atomic E-state index is 0.0736. The molecule has 2 rings (SSSR count). The highest BCUT2D eigenvalue weighted by atomic mass is 16.5. The number of carbonyl (C=O) groups excluding carboxylic acids is 12. The molecule has 1 saturated heterocycles. The fourth-order valence-electron chi connectivity index (χ4n) is 9.61. The number of amides is 11. The Bertz CT molecular complexity index is 2600. The number of nitrogens with two attached hydrogens (primary N) is 2. The molecule has 17 atom stereocenters. The Kier molecular flexibility index (Phi) is 34.1. The van der Waals surface area contributed by atoms with Gasteiger partial charge in [-0.15, -0.1) is 0 Å². The number of cyclic esters (lactones) is 1. The molecule has 1 heterocycles. The lowest BCUT2D eigenvalue weighted by Crippen LogP contribution is -2.63. The summed E-state index contributed by atoms with van der Waals surface area (Å²) in [6.07, 6.45) is -0.0108. The van der Waals surface area contributed by atoms with Crippen molar-refractivity contribution in [3.8, 4) is 0 Å². The van der Waals surface area contributed by atoms with Gasteiger partial charge in [0.1, 0.15) is 66.5 Å². The van der Waals surface area contributed by atoms with Crippen LogP contribution in [0.15, 0.2) is 30.3 Å². The van der Waals surface area contributed by atoms with Crippen LogP contribution in [0.25, 0.3) is 0 Å². The van der Waals surface area contributed by atoms with E-state index in [1.807, 2.05) is 44.2 Å². The van der Waals surface area contributed by atoms with E-state index < -0.39 is 186 Å². The average molecular weight is 1270 g/mol. The molecular weight excluding hydrogens is 1170 g/mol. The molecular formula is C61H103N15O14. The largest absolute Gasteiger partial charge is 0.458 e. The van der Waals surface area contributed by atoms with Crippen molar-refractivity contribution >= 4 is 76.9 Å². The van der Waals surface area contributed by atoms with Crippen LogP contribution in [0.3, 0.4) is 0 Å². The standard InChI is InChI=1S/C61H103N15O14/c1-14-31(6)44(73-53(82)41(65-13)29-38-23-20-19-21-24-38)55(84)69-39(25-22-28-66-61(63)64)51(80)68-40(26-27-43(62)78)52(81)72-47(34(9)17-4)57(86)74-45(32(7)15-2)56(85)70-42(30-77)54(83)76-49-37(12)90-60(89)48(35(10)18-5)75-58(87)46(33(8)16-3)71-50(79)36(11)67-59(49)88/h19-21,23-24,31-37,39-42,44-49,65,77H,14-18,22,25-30H2,1-13H3,(H2,62,78)(H,67,88)(H,68,80)(H,69,84)(H,70,85)(H,71,79)(H,72,81)(H,73,82)(H,74,86)(H,75,87)(H,76,83)(H4,63,64,66)/t31-,32-,33?,34+,35-,36-,37-,39-,40+,41+,42-,44-,45-,46-,47+,48-,49+/m0/s1. The molecule has 29 heteroatoms. The Hall–Kier alpha value is -7.95. The highest BCUT2D eigenvalue weighted by Crippen LogP contribution is 2.18. The second-order valence-corrected chi connectivity index (χ2v) is 23.6. The maximum absolute atomic E-state index is 14.5. The summed E-state index contributed by atoms with van der Waals surface area (Å²) in [7, 11) is 1.62. The molecule has 29 nitrogen and oxygen atoms in total. The van der Waals surface area contributed by atoms with Crippen LogP contribution in [0, 0.1) is 35.0 Å². The highest BCUT2D eigenvalue weighted by Gasteiger charge is 2.41. The molecule has 11 amide bonds. The predicted octanol–water partition coefficient (Wildman–Crippen LogP) is -1.62. The lowest BCUT2D eigenvalue weighted by molar-refractivity contribution is -0.157. The van der Waals surface area contributed by atoms with Crippen LogP contribution in [-0.2, 0) is 68.7 Å². The number of hydrogen-bond acceptors (Lipinski definition) is 16. The number of aliphatic hydroxyl groups excluding tert-OH is 1. The smallest absolute Gasteiger partial charge is 0.329 e. The van der Waals surface area contributed by atoms with E-state index in [9.17, 15) is 62.6 Å². The summed E-state index contributed by atoms with van der Waals surface area (Å²) < 4.78 is 5.73. The average Bonchev–Trinajstić information content (AvgIpc) is 1.57. The lowest BCUT2D eigenvalue weighted by Gasteiger charge is -2.31. The van der Waals surface area contributed by atoms with Crippen molar-refractivity contribution < 1.29 is 67.4 Å². The minimum Gasteiger partial charge on any atom is -0.458 e. The molecule has 0 spiro atoms. The first-order chi connectivity index (χ1) is 42.4. The molecule has 1 unspecified atom stereocenters. The number of hydrogen-bond donors (Lipinski definition) is 16. The molecule has 1 aromatic carbocycles. The number of likely N-dealkylation sites (N-methyl/N-ethyl adjacent to an activating group) is 1. The Morgan fingerprint density at radius 3 is 1.52 bits per heavy atom. The van der Waals surface area contributed by atoms with Gasteiger partial charge < -0.3 is 85.1 Å². The molecule has 0 saturated carbocycles. The summed E-state index contributed by atoms with van der Waals surface area (Å²) in [5.41, 5.74) is 11.9. The van der Waals surface area contributed by atoms with E-state index >= 15 is 0 Å². The van der Waals surface area contributed by atoms with Gasteiger partial charge in [-0.05, 0) is 81.7 Å². The van der Waals surface area contributed by atoms with E-state index in [1.54, 1.807) is 62.4 Å². The molecule has 18 N–H and O–H groups in total. The summed E-state index contributed by atoms with van der Waals surface area (Å²) in [4.78, 5) is 167. The van der Waals surface area contributed by atoms with E-state index in [0.717, 1.165) is 5.56 Å². The third-order valence-corrected chi connectivity index (χ3v) is 16.7. The summed E-state index contributed by atoms with van der Waals surface area (Å²) in [5.74, 6) is -13.2. The van der Waals surface area contributed by atoms with E-state index in [0.29, 0.717) is 25.7 Å². The maximum atomic E-state index is 14.5. The molecule has 1 aromatic rings. The van der Waals surface area contributed by atoms with Gasteiger partial charge in [0.25, 0.3) is 0 Å². The summed E-state index contributed by atoms with van der Waals surface area (Å²) in [5, 5.41) is 50.0. The molecule has 0 bridgehead atoms. The van der Waals surface area contributed by atoms with Crippen molar-refractivity contribution in [3.63, 3.8) is 0 Å². The van der Waals surface area contributed by atoms with Crippen LogP contribution in [0.1, 0.15) is 146 Å². The fourth-order valence-corrected chi connectivity index (χ4v) is 9.61. The number of ether oxygens (including phenoxy) is 1. The van der Waals surface area contributed by atoms with Gasteiger partial charge in [-0.2, -0.15) is 0 Å². The van der Waals surface area contributed by atoms with E-state index in [4.69, 9.17) is 21.6 Å². The van der Waals surface area contributed by atoms with Crippen molar-refractivity contribution in [3.05, 3.63) is 35.9 Å². The number of carbonyl (C=O) groups is 12. The third-order valence-electron chi connectivity index (χ3n) is 16.7. The van der Waals surface area contributed by atoms with Crippen molar-refractivity contribution in [2.75, 3.05) is 20.2 Å². The van der Waals surface area contributed by atoms with Gasteiger partial charge in [0.15, 0.2) is 5.96 Å². The monoisotopic (exact) mass is 1270 g/mol. The quantitative estimate of drug-likeness (QED) is 0.0157. The zero-order valence-electron chi connectivity index (χ0n) is 54.6. The van der Waals surface area contributed by atoms with Crippen LogP contribution in [0.2, 0.25) is 0 Å². The summed E-state index contributed by atoms with van der Waals surface area (Å²) in [6, 6.07) is -5.58. The molecule has 0 radical (unpaired) electrons.